The Hall–Kier alpha value is -3.59. The van der Waals surface area contributed by atoms with E-state index in [0.717, 1.165) is 22.8 Å². The smallest absolute Gasteiger partial charge is 0.332 e. The van der Waals surface area contributed by atoms with Crippen molar-refractivity contribution in [1.82, 2.24) is 0 Å². The van der Waals surface area contributed by atoms with Crippen LogP contribution in [0.1, 0.15) is 16.7 Å². The molecule has 0 saturated carbocycles. The van der Waals surface area contributed by atoms with E-state index in [1.165, 1.54) is 18.2 Å². The van der Waals surface area contributed by atoms with E-state index in [-0.39, 0.29) is 0 Å². The van der Waals surface area contributed by atoms with Crippen LogP contribution >= 0.6 is 0 Å². The highest BCUT2D eigenvalue weighted by atomic mass is 16.5. The lowest BCUT2D eigenvalue weighted by molar-refractivity contribution is -0.131. The number of benzene rings is 3. The quantitative estimate of drug-likeness (QED) is 0.355. The highest BCUT2D eigenvalue weighted by Gasteiger charge is 2.07. The monoisotopic (exact) mass is 356 g/mol. The number of hydrogen-bond donors (Lipinski definition) is 1. The van der Waals surface area contributed by atoms with E-state index in [9.17, 15) is 4.79 Å². The Labute approximate surface area is 158 Å². The summed E-state index contributed by atoms with van der Waals surface area (Å²) in [4.78, 5) is 11.0. The van der Waals surface area contributed by atoms with E-state index >= 15 is 0 Å². The zero-order valence-electron chi connectivity index (χ0n) is 15.0. The number of methoxy groups -OCH3 is 1. The fraction of sp³-hybridized carbons (Fsp3) is 0.0417. The van der Waals surface area contributed by atoms with Gasteiger partial charge in [-0.15, -0.1) is 0 Å². The Morgan fingerprint density at radius 2 is 1.44 bits per heavy atom. The second-order valence-electron chi connectivity index (χ2n) is 5.96. The molecular formula is C24H20O3. The SMILES string of the molecule is COC(=CC(=O)O)c1ccccc1C=Cc1ccc(-c2ccccc2)cc1. The fourth-order valence-electron chi connectivity index (χ4n) is 2.83. The first kappa shape index (κ1) is 18.2. The summed E-state index contributed by atoms with van der Waals surface area (Å²) in [6, 6.07) is 26.1. The Bertz CT molecular complexity index is 968. The maximum Gasteiger partial charge on any atom is 0.332 e. The molecule has 3 aromatic carbocycles. The van der Waals surface area contributed by atoms with E-state index in [0.29, 0.717) is 5.76 Å². The van der Waals surface area contributed by atoms with E-state index in [1.807, 2.05) is 54.6 Å². The Morgan fingerprint density at radius 1 is 0.815 bits per heavy atom. The summed E-state index contributed by atoms with van der Waals surface area (Å²) >= 11 is 0. The zero-order chi connectivity index (χ0) is 19.1. The highest BCUT2D eigenvalue weighted by molar-refractivity contribution is 5.90. The van der Waals surface area contributed by atoms with Crippen molar-refractivity contribution >= 4 is 23.9 Å². The van der Waals surface area contributed by atoms with Crippen LogP contribution in [-0.2, 0) is 9.53 Å². The number of hydrogen-bond acceptors (Lipinski definition) is 2. The summed E-state index contributed by atoms with van der Waals surface area (Å²) < 4.78 is 5.25. The van der Waals surface area contributed by atoms with Crippen molar-refractivity contribution < 1.29 is 14.6 Å². The third kappa shape index (κ3) is 4.73. The zero-order valence-corrected chi connectivity index (χ0v) is 15.0. The van der Waals surface area contributed by atoms with Gasteiger partial charge in [0.25, 0.3) is 0 Å². The number of carboxylic acids is 1. The average molecular weight is 356 g/mol. The van der Waals surface area contributed by atoms with Crippen LogP contribution in [0.15, 0.2) is 84.9 Å². The normalized spacial score (nSPS) is 11.5. The molecule has 27 heavy (non-hydrogen) atoms. The topological polar surface area (TPSA) is 46.5 Å². The molecule has 0 aliphatic heterocycles. The van der Waals surface area contributed by atoms with Crippen LogP contribution in [-0.4, -0.2) is 18.2 Å². The largest absolute Gasteiger partial charge is 0.496 e. The molecule has 3 rings (SSSR count). The van der Waals surface area contributed by atoms with Gasteiger partial charge in [-0.1, -0.05) is 91.0 Å². The maximum atomic E-state index is 11.0. The molecule has 134 valence electrons. The van der Waals surface area contributed by atoms with Crippen molar-refractivity contribution in [3.8, 4) is 11.1 Å². The van der Waals surface area contributed by atoms with Gasteiger partial charge in [0.2, 0.25) is 0 Å². The number of rotatable bonds is 6. The van der Waals surface area contributed by atoms with Gasteiger partial charge in [-0.25, -0.2) is 4.79 Å². The minimum absolute atomic E-state index is 0.321. The molecule has 0 unspecified atom stereocenters. The number of aliphatic carboxylic acids is 1. The maximum absolute atomic E-state index is 11.0. The van der Waals surface area contributed by atoms with Crippen LogP contribution in [0, 0.1) is 0 Å². The molecule has 0 amide bonds. The Balaban J connectivity index is 1.86. The lowest BCUT2D eigenvalue weighted by atomic mass is 10.0. The molecule has 0 radical (unpaired) electrons. The Kier molecular flexibility index (Phi) is 5.85. The molecule has 0 aliphatic rings. The summed E-state index contributed by atoms with van der Waals surface area (Å²) in [6.07, 6.45) is 5.03. The summed E-state index contributed by atoms with van der Waals surface area (Å²) in [7, 11) is 1.47. The van der Waals surface area contributed by atoms with Crippen molar-refractivity contribution in [3.63, 3.8) is 0 Å². The number of carboxylic acid groups (broad SMARTS) is 1. The predicted molar refractivity (Wildman–Crippen MR) is 110 cm³/mol. The van der Waals surface area contributed by atoms with Crippen molar-refractivity contribution in [2.24, 2.45) is 0 Å². The molecule has 0 heterocycles. The summed E-state index contributed by atoms with van der Waals surface area (Å²) in [5.74, 6) is -0.718. The first-order chi connectivity index (χ1) is 13.2. The molecule has 3 heteroatoms. The average Bonchev–Trinajstić information content (AvgIpc) is 2.72. The van der Waals surface area contributed by atoms with Gasteiger partial charge in [0.05, 0.1) is 13.2 Å². The molecule has 0 saturated heterocycles. The molecule has 1 N–H and O–H groups in total. The summed E-state index contributed by atoms with van der Waals surface area (Å²) in [5.41, 5.74) is 5.03. The molecule has 0 aliphatic carbocycles. The van der Waals surface area contributed by atoms with E-state index < -0.39 is 5.97 Å². The van der Waals surface area contributed by atoms with Crippen molar-refractivity contribution in [3.05, 3.63) is 102 Å². The molecule has 0 spiro atoms. The first-order valence-electron chi connectivity index (χ1n) is 8.59. The number of ether oxygens (including phenoxy) is 1. The minimum Gasteiger partial charge on any atom is -0.496 e. The molecule has 0 atom stereocenters. The molecule has 0 bridgehead atoms. The fourth-order valence-corrected chi connectivity index (χ4v) is 2.83. The van der Waals surface area contributed by atoms with Gasteiger partial charge in [-0.05, 0) is 22.3 Å². The number of carbonyl (C=O) groups is 1. The van der Waals surface area contributed by atoms with Gasteiger partial charge in [-0.2, -0.15) is 0 Å². The third-order valence-corrected chi connectivity index (χ3v) is 4.17. The van der Waals surface area contributed by atoms with Gasteiger partial charge in [-0.3, -0.25) is 0 Å². The lowest BCUT2D eigenvalue weighted by Gasteiger charge is -2.09. The second-order valence-corrected chi connectivity index (χ2v) is 5.96. The molecule has 0 aromatic heterocycles. The van der Waals surface area contributed by atoms with Gasteiger partial charge in [0, 0.05) is 5.56 Å². The lowest BCUT2D eigenvalue weighted by Crippen LogP contribution is -1.96. The van der Waals surface area contributed by atoms with Gasteiger partial charge < -0.3 is 9.84 Å². The molecule has 3 aromatic rings. The Morgan fingerprint density at radius 3 is 2.11 bits per heavy atom. The van der Waals surface area contributed by atoms with Crippen molar-refractivity contribution in [2.75, 3.05) is 7.11 Å². The van der Waals surface area contributed by atoms with Crippen LogP contribution in [0.5, 0.6) is 0 Å². The first-order valence-corrected chi connectivity index (χ1v) is 8.59. The van der Waals surface area contributed by atoms with Gasteiger partial charge in [0.15, 0.2) is 0 Å². The second kappa shape index (κ2) is 8.68. The standard InChI is InChI=1S/C24H20O3/c1-27-23(17-24(25)26)22-10-6-5-9-21(22)16-13-18-11-14-20(15-12-18)19-7-3-2-4-8-19/h2-17H,1H3,(H,25,26). The summed E-state index contributed by atoms with van der Waals surface area (Å²) in [6.45, 7) is 0. The predicted octanol–water partition coefficient (Wildman–Crippen LogP) is 5.60. The van der Waals surface area contributed by atoms with Gasteiger partial charge >= 0.3 is 5.97 Å². The van der Waals surface area contributed by atoms with Crippen LogP contribution in [0.4, 0.5) is 0 Å². The molecule has 0 fully saturated rings. The molecular weight excluding hydrogens is 336 g/mol. The summed E-state index contributed by atoms with van der Waals surface area (Å²) in [5, 5.41) is 9.02. The molecule has 3 nitrogen and oxygen atoms in total. The van der Waals surface area contributed by atoms with E-state index in [2.05, 4.69) is 36.4 Å². The highest BCUT2D eigenvalue weighted by Crippen LogP contribution is 2.23. The van der Waals surface area contributed by atoms with Crippen molar-refractivity contribution in [1.29, 1.82) is 0 Å². The minimum atomic E-state index is -1.04. The van der Waals surface area contributed by atoms with Gasteiger partial charge in [0.1, 0.15) is 5.76 Å². The van der Waals surface area contributed by atoms with Crippen LogP contribution in [0.2, 0.25) is 0 Å². The van der Waals surface area contributed by atoms with Crippen LogP contribution in [0.3, 0.4) is 0 Å². The van der Waals surface area contributed by atoms with Crippen molar-refractivity contribution in [2.45, 2.75) is 0 Å². The van der Waals surface area contributed by atoms with E-state index in [4.69, 9.17) is 9.84 Å². The third-order valence-electron chi connectivity index (χ3n) is 4.17. The van der Waals surface area contributed by atoms with E-state index in [1.54, 1.807) is 0 Å². The van der Waals surface area contributed by atoms with Crippen LogP contribution < -0.4 is 0 Å². The van der Waals surface area contributed by atoms with Crippen LogP contribution in [0.25, 0.3) is 29.0 Å².